The Hall–Kier alpha value is -2.35. The van der Waals surface area contributed by atoms with Gasteiger partial charge in [0.2, 0.25) is 0 Å². The topological polar surface area (TPSA) is 111 Å². The third kappa shape index (κ3) is 5.60. The number of ether oxygens (including phenoxy) is 1. The first-order valence-electron chi connectivity index (χ1n) is 8.09. The molecule has 25 heavy (non-hydrogen) atoms. The van der Waals surface area contributed by atoms with Crippen molar-refractivity contribution in [2.45, 2.75) is 51.2 Å². The second-order valence-corrected chi connectivity index (χ2v) is 6.36. The summed E-state index contributed by atoms with van der Waals surface area (Å²) in [7, 11) is 0. The molecule has 2 rings (SSSR count). The van der Waals surface area contributed by atoms with Crippen LogP contribution in [0.15, 0.2) is 18.2 Å². The van der Waals surface area contributed by atoms with Crippen molar-refractivity contribution in [2.24, 2.45) is 0 Å². The van der Waals surface area contributed by atoms with Crippen LogP contribution in [0.3, 0.4) is 0 Å². The first-order chi connectivity index (χ1) is 11.9. The summed E-state index contributed by atoms with van der Waals surface area (Å²) >= 11 is 5.73. The number of imide groups is 1. The van der Waals surface area contributed by atoms with E-state index in [1.165, 1.54) is 19.1 Å². The quantitative estimate of drug-likeness (QED) is 0.611. The van der Waals surface area contributed by atoms with Crippen molar-refractivity contribution in [1.29, 1.82) is 0 Å². The lowest BCUT2D eigenvalue weighted by molar-refractivity contribution is -0.386. The first kappa shape index (κ1) is 19.0. The largest absolute Gasteiger partial charge is 0.474 e. The highest BCUT2D eigenvalue weighted by atomic mass is 35.5. The van der Waals surface area contributed by atoms with Crippen LogP contribution in [-0.4, -0.2) is 29.0 Å². The Morgan fingerprint density at radius 1 is 1.32 bits per heavy atom. The summed E-state index contributed by atoms with van der Waals surface area (Å²) in [5, 5.41) is 16.2. The van der Waals surface area contributed by atoms with E-state index in [0.717, 1.165) is 38.2 Å². The predicted octanol–water partition coefficient (Wildman–Crippen LogP) is 3.17. The Kier molecular flexibility index (Phi) is 6.58. The molecule has 0 aromatic heterocycles. The predicted molar refractivity (Wildman–Crippen MR) is 91.7 cm³/mol. The van der Waals surface area contributed by atoms with Gasteiger partial charge >= 0.3 is 11.7 Å². The summed E-state index contributed by atoms with van der Waals surface area (Å²) in [6.07, 6.45) is 3.97. The zero-order valence-electron chi connectivity index (χ0n) is 13.8. The number of carbonyl (C=O) groups excluding carboxylic acids is 2. The van der Waals surface area contributed by atoms with Crippen molar-refractivity contribution >= 4 is 29.2 Å². The summed E-state index contributed by atoms with van der Waals surface area (Å²) in [5.41, 5.74) is -0.348. The van der Waals surface area contributed by atoms with Crippen LogP contribution in [0.1, 0.15) is 39.0 Å². The minimum Gasteiger partial charge on any atom is -0.474 e. The number of halogens is 1. The molecule has 0 bridgehead atoms. The molecule has 3 amide bonds. The normalized spacial score (nSPS) is 15.9. The lowest BCUT2D eigenvalue weighted by Crippen LogP contribution is -2.48. The van der Waals surface area contributed by atoms with Gasteiger partial charge in [-0.2, -0.15) is 0 Å². The molecule has 1 saturated carbocycles. The number of carbonyl (C=O) groups is 2. The Bertz CT molecular complexity index is 661. The molecular formula is C16H20ClN3O5. The molecule has 1 aromatic carbocycles. The zero-order valence-corrected chi connectivity index (χ0v) is 14.5. The maximum Gasteiger partial charge on any atom is 0.321 e. The highest BCUT2D eigenvalue weighted by Crippen LogP contribution is 2.30. The number of benzene rings is 1. The summed E-state index contributed by atoms with van der Waals surface area (Å²) in [4.78, 5) is 34.3. The maximum atomic E-state index is 12.1. The summed E-state index contributed by atoms with van der Waals surface area (Å²) in [5.74, 6) is -0.776. The maximum absolute atomic E-state index is 12.1. The minimum atomic E-state index is -1.09. The van der Waals surface area contributed by atoms with E-state index >= 15 is 0 Å². The van der Waals surface area contributed by atoms with Gasteiger partial charge in [-0.1, -0.05) is 30.9 Å². The third-order valence-electron chi connectivity index (χ3n) is 3.97. The van der Waals surface area contributed by atoms with E-state index in [1.54, 1.807) is 0 Å². The number of urea groups is 1. The monoisotopic (exact) mass is 369 g/mol. The molecule has 1 atom stereocenters. The molecule has 136 valence electrons. The molecule has 0 heterocycles. The molecule has 0 unspecified atom stereocenters. The van der Waals surface area contributed by atoms with Crippen molar-refractivity contribution in [2.75, 3.05) is 0 Å². The smallest absolute Gasteiger partial charge is 0.321 e. The minimum absolute atomic E-state index is 0.0649. The lowest BCUT2D eigenvalue weighted by atomic mass is 9.96. The molecule has 9 heteroatoms. The van der Waals surface area contributed by atoms with Gasteiger partial charge in [-0.3, -0.25) is 20.2 Å². The molecule has 1 aliphatic rings. The number of amides is 3. The number of nitro benzene ring substituents is 1. The molecule has 1 fully saturated rings. The lowest BCUT2D eigenvalue weighted by Gasteiger charge is -2.23. The van der Waals surface area contributed by atoms with Crippen molar-refractivity contribution in [3.63, 3.8) is 0 Å². The standard InChI is InChI=1S/C16H20ClN3O5/c1-10(25-14-8-7-11(17)9-13(14)20(23)24)15(21)19-16(22)18-12-5-3-2-4-6-12/h7-10,12H,2-6H2,1H3,(H2,18,19,21,22)/t10-/m1/s1. The van der Waals surface area contributed by atoms with E-state index in [0.29, 0.717) is 0 Å². The van der Waals surface area contributed by atoms with E-state index in [2.05, 4.69) is 10.6 Å². The Morgan fingerprint density at radius 2 is 2.00 bits per heavy atom. The van der Waals surface area contributed by atoms with Crippen molar-refractivity contribution in [3.8, 4) is 5.75 Å². The number of rotatable bonds is 5. The van der Waals surface area contributed by atoms with Gasteiger partial charge in [0.05, 0.1) is 4.92 Å². The number of nitrogens with zero attached hydrogens (tertiary/aromatic N) is 1. The Balaban J connectivity index is 1.91. The van der Waals surface area contributed by atoms with Gasteiger partial charge in [0.1, 0.15) is 0 Å². The summed E-state index contributed by atoms with van der Waals surface area (Å²) in [6, 6.07) is 3.35. The molecule has 1 aromatic rings. The van der Waals surface area contributed by atoms with Crippen molar-refractivity contribution in [3.05, 3.63) is 33.3 Å². The van der Waals surface area contributed by atoms with Crippen LogP contribution in [0.25, 0.3) is 0 Å². The van der Waals surface area contributed by atoms with E-state index in [1.807, 2.05) is 0 Å². The fourth-order valence-corrected chi connectivity index (χ4v) is 2.83. The van der Waals surface area contributed by atoms with E-state index in [9.17, 15) is 19.7 Å². The molecule has 2 N–H and O–H groups in total. The fourth-order valence-electron chi connectivity index (χ4n) is 2.66. The zero-order chi connectivity index (χ0) is 18.4. The first-order valence-corrected chi connectivity index (χ1v) is 8.46. The molecule has 1 aliphatic carbocycles. The molecule has 0 saturated heterocycles. The van der Waals surface area contributed by atoms with Crippen molar-refractivity contribution < 1.29 is 19.2 Å². The number of hydrogen-bond donors (Lipinski definition) is 2. The molecule has 8 nitrogen and oxygen atoms in total. The second kappa shape index (κ2) is 8.66. The van der Waals surface area contributed by atoms with Crippen LogP contribution < -0.4 is 15.4 Å². The molecule has 0 aliphatic heterocycles. The summed E-state index contributed by atoms with van der Waals surface area (Å²) in [6.45, 7) is 1.40. The molecule has 0 radical (unpaired) electrons. The Morgan fingerprint density at radius 3 is 2.64 bits per heavy atom. The third-order valence-corrected chi connectivity index (χ3v) is 4.20. The van der Waals surface area contributed by atoms with Gasteiger partial charge in [-0.15, -0.1) is 0 Å². The average Bonchev–Trinajstić information content (AvgIpc) is 2.56. The number of nitro groups is 1. The fraction of sp³-hybridized carbons (Fsp3) is 0.500. The van der Waals surface area contributed by atoms with Gasteiger partial charge in [-0.25, -0.2) is 4.79 Å². The van der Waals surface area contributed by atoms with Gasteiger partial charge in [-0.05, 0) is 31.9 Å². The number of hydrogen-bond acceptors (Lipinski definition) is 5. The van der Waals surface area contributed by atoms with Gasteiger partial charge in [0.25, 0.3) is 5.91 Å². The van der Waals surface area contributed by atoms with Gasteiger partial charge < -0.3 is 10.1 Å². The SMILES string of the molecule is C[C@@H](Oc1ccc(Cl)cc1[N+](=O)[O-])C(=O)NC(=O)NC1CCCCC1. The van der Waals surface area contributed by atoms with Crippen LogP contribution in [-0.2, 0) is 4.79 Å². The highest BCUT2D eigenvalue weighted by molar-refractivity contribution is 6.30. The van der Waals surface area contributed by atoms with Crippen LogP contribution in [0.2, 0.25) is 5.02 Å². The van der Waals surface area contributed by atoms with Crippen LogP contribution >= 0.6 is 11.6 Å². The summed E-state index contributed by atoms with van der Waals surface area (Å²) < 4.78 is 5.32. The van der Waals surface area contributed by atoms with Crippen LogP contribution in [0.4, 0.5) is 10.5 Å². The number of nitrogens with one attached hydrogen (secondary N) is 2. The second-order valence-electron chi connectivity index (χ2n) is 5.93. The Labute approximate surface area is 150 Å². The van der Waals surface area contributed by atoms with Crippen LogP contribution in [0, 0.1) is 10.1 Å². The average molecular weight is 370 g/mol. The van der Waals surface area contributed by atoms with E-state index in [4.69, 9.17) is 16.3 Å². The van der Waals surface area contributed by atoms with E-state index in [-0.39, 0.29) is 22.5 Å². The van der Waals surface area contributed by atoms with E-state index < -0.39 is 23.0 Å². The van der Waals surface area contributed by atoms with Gasteiger partial charge in [0, 0.05) is 17.1 Å². The molecule has 0 spiro atoms. The van der Waals surface area contributed by atoms with Crippen LogP contribution in [0.5, 0.6) is 5.75 Å². The van der Waals surface area contributed by atoms with Crippen molar-refractivity contribution in [1.82, 2.24) is 10.6 Å². The highest BCUT2D eigenvalue weighted by Gasteiger charge is 2.24. The van der Waals surface area contributed by atoms with Gasteiger partial charge in [0.15, 0.2) is 11.9 Å². The molecular weight excluding hydrogens is 350 g/mol.